The summed E-state index contributed by atoms with van der Waals surface area (Å²) in [6.45, 7) is 1.37. The van der Waals surface area contributed by atoms with Gasteiger partial charge in [-0.2, -0.15) is 0 Å². The van der Waals surface area contributed by atoms with Gasteiger partial charge >= 0.3 is 0 Å². The van der Waals surface area contributed by atoms with E-state index >= 15 is 0 Å². The van der Waals surface area contributed by atoms with Crippen LogP contribution in [0.3, 0.4) is 0 Å². The van der Waals surface area contributed by atoms with E-state index in [1.807, 2.05) is 48.5 Å². The Morgan fingerprint density at radius 2 is 1.92 bits per heavy atom. The fraction of sp³-hybridized carbons (Fsp3) is 0.263. The Bertz CT molecular complexity index is 833. The predicted octanol–water partition coefficient (Wildman–Crippen LogP) is 3.80. The molecule has 0 aliphatic heterocycles. The van der Waals surface area contributed by atoms with Crippen molar-refractivity contribution in [1.29, 1.82) is 0 Å². The number of amides is 1. The maximum atomic E-state index is 12.1. The first-order valence-corrected chi connectivity index (χ1v) is 9.18. The Labute approximate surface area is 151 Å². The van der Waals surface area contributed by atoms with Crippen LogP contribution in [-0.4, -0.2) is 34.9 Å². The number of ether oxygens (including phenoxy) is 1. The van der Waals surface area contributed by atoms with Gasteiger partial charge in [-0.15, -0.1) is 0 Å². The van der Waals surface area contributed by atoms with Crippen molar-refractivity contribution in [3.05, 3.63) is 54.6 Å². The van der Waals surface area contributed by atoms with Gasteiger partial charge < -0.3 is 14.6 Å². The molecule has 1 aromatic heterocycles. The number of hydrogen-bond donors (Lipinski definition) is 1. The minimum absolute atomic E-state index is 0.0123. The van der Waals surface area contributed by atoms with Gasteiger partial charge in [-0.05, 0) is 24.3 Å². The summed E-state index contributed by atoms with van der Waals surface area (Å²) in [5.74, 6) is 0.688. The van der Waals surface area contributed by atoms with Crippen molar-refractivity contribution in [2.75, 3.05) is 24.8 Å². The van der Waals surface area contributed by atoms with Crippen LogP contribution in [0.15, 0.2) is 59.8 Å². The fourth-order valence-electron chi connectivity index (χ4n) is 2.54. The van der Waals surface area contributed by atoms with Crippen molar-refractivity contribution in [1.82, 2.24) is 9.55 Å². The zero-order chi connectivity index (χ0) is 17.5. The highest BCUT2D eigenvalue weighted by Crippen LogP contribution is 2.24. The van der Waals surface area contributed by atoms with Crippen LogP contribution in [0, 0.1) is 0 Å². The number of thioether (sulfide) groups is 1. The SMILES string of the molecule is COCCn1c(SCCC(=O)Nc2ccccc2)nc2ccccc21. The van der Waals surface area contributed by atoms with Crippen LogP contribution < -0.4 is 5.32 Å². The number of hydrogen-bond acceptors (Lipinski definition) is 4. The molecule has 1 N–H and O–H groups in total. The third-order valence-corrected chi connectivity index (χ3v) is 4.73. The first-order chi connectivity index (χ1) is 12.3. The number of imidazole rings is 1. The van der Waals surface area contributed by atoms with E-state index in [9.17, 15) is 4.79 Å². The van der Waals surface area contributed by atoms with E-state index in [1.54, 1.807) is 18.9 Å². The molecule has 1 amide bonds. The van der Waals surface area contributed by atoms with Gasteiger partial charge in [0, 0.05) is 31.5 Å². The van der Waals surface area contributed by atoms with E-state index in [1.165, 1.54) is 0 Å². The number of rotatable bonds is 8. The van der Waals surface area contributed by atoms with E-state index in [-0.39, 0.29) is 5.91 Å². The minimum Gasteiger partial charge on any atom is -0.383 e. The van der Waals surface area contributed by atoms with Gasteiger partial charge in [-0.3, -0.25) is 4.79 Å². The maximum absolute atomic E-state index is 12.1. The molecule has 0 aliphatic carbocycles. The molecule has 3 aromatic rings. The normalized spacial score (nSPS) is 10.9. The summed E-state index contributed by atoms with van der Waals surface area (Å²) in [6.07, 6.45) is 0.438. The van der Waals surface area contributed by atoms with Crippen molar-refractivity contribution in [2.24, 2.45) is 0 Å². The van der Waals surface area contributed by atoms with Crippen molar-refractivity contribution in [3.8, 4) is 0 Å². The van der Waals surface area contributed by atoms with Crippen molar-refractivity contribution >= 4 is 34.4 Å². The number of nitrogens with zero attached hydrogens (tertiary/aromatic N) is 2. The molecule has 2 aromatic carbocycles. The molecule has 130 valence electrons. The number of anilines is 1. The molecule has 0 bridgehead atoms. The number of nitrogens with one attached hydrogen (secondary N) is 1. The molecule has 0 radical (unpaired) electrons. The quantitative estimate of drug-likeness (QED) is 0.625. The third-order valence-electron chi connectivity index (χ3n) is 3.76. The lowest BCUT2D eigenvalue weighted by Gasteiger charge is -2.08. The number of para-hydroxylation sites is 3. The van der Waals surface area contributed by atoms with E-state index in [4.69, 9.17) is 4.74 Å². The first kappa shape index (κ1) is 17.5. The Hall–Kier alpha value is -2.31. The third kappa shape index (κ3) is 4.61. The Morgan fingerprint density at radius 1 is 1.16 bits per heavy atom. The van der Waals surface area contributed by atoms with E-state index in [2.05, 4.69) is 20.9 Å². The van der Waals surface area contributed by atoms with Gasteiger partial charge in [0.2, 0.25) is 5.91 Å². The number of methoxy groups -OCH3 is 1. The molecule has 0 fully saturated rings. The molecule has 5 nitrogen and oxygen atoms in total. The number of carbonyl (C=O) groups is 1. The second kappa shape index (κ2) is 8.69. The van der Waals surface area contributed by atoms with Gasteiger partial charge in [-0.1, -0.05) is 42.1 Å². The van der Waals surface area contributed by atoms with Crippen LogP contribution in [0.5, 0.6) is 0 Å². The molecule has 0 aliphatic rings. The zero-order valence-electron chi connectivity index (χ0n) is 14.1. The highest BCUT2D eigenvalue weighted by molar-refractivity contribution is 7.99. The summed E-state index contributed by atoms with van der Waals surface area (Å²) in [4.78, 5) is 16.7. The number of aromatic nitrogens is 2. The van der Waals surface area contributed by atoms with E-state index in [0.717, 1.165) is 28.4 Å². The van der Waals surface area contributed by atoms with Crippen LogP contribution in [0.4, 0.5) is 5.69 Å². The summed E-state index contributed by atoms with van der Waals surface area (Å²) < 4.78 is 7.36. The lowest BCUT2D eigenvalue weighted by atomic mass is 10.3. The van der Waals surface area contributed by atoms with Crippen molar-refractivity contribution in [3.63, 3.8) is 0 Å². The van der Waals surface area contributed by atoms with Gasteiger partial charge in [-0.25, -0.2) is 4.98 Å². The second-order valence-corrected chi connectivity index (χ2v) is 6.60. The summed E-state index contributed by atoms with van der Waals surface area (Å²) in [7, 11) is 1.69. The molecule has 0 saturated carbocycles. The molecule has 3 rings (SSSR count). The Balaban J connectivity index is 1.61. The molecule has 0 spiro atoms. The van der Waals surface area contributed by atoms with Crippen molar-refractivity contribution < 1.29 is 9.53 Å². The maximum Gasteiger partial charge on any atom is 0.225 e. The highest BCUT2D eigenvalue weighted by Gasteiger charge is 2.11. The molecular formula is C19H21N3O2S. The van der Waals surface area contributed by atoms with E-state index < -0.39 is 0 Å². The van der Waals surface area contributed by atoms with Gasteiger partial charge in [0.25, 0.3) is 0 Å². The van der Waals surface area contributed by atoms with Crippen molar-refractivity contribution in [2.45, 2.75) is 18.1 Å². The molecular weight excluding hydrogens is 334 g/mol. The standard InChI is InChI=1S/C19H21N3O2S/c1-24-13-12-22-17-10-6-5-9-16(17)21-19(22)25-14-11-18(23)20-15-7-3-2-4-8-15/h2-10H,11-14H2,1H3,(H,20,23). The summed E-state index contributed by atoms with van der Waals surface area (Å²) in [5.41, 5.74) is 2.88. The Morgan fingerprint density at radius 3 is 2.72 bits per heavy atom. The Kier molecular flexibility index (Phi) is 6.09. The molecule has 0 atom stereocenters. The minimum atomic E-state index is 0.0123. The molecule has 1 heterocycles. The van der Waals surface area contributed by atoms with Crippen LogP contribution in [-0.2, 0) is 16.1 Å². The molecule has 0 saturated heterocycles. The summed E-state index contributed by atoms with van der Waals surface area (Å²) in [6, 6.07) is 17.6. The highest BCUT2D eigenvalue weighted by atomic mass is 32.2. The smallest absolute Gasteiger partial charge is 0.225 e. The number of fused-ring (bicyclic) bond motifs is 1. The summed E-state index contributed by atoms with van der Waals surface area (Å²) in [5, 5.41) is 3.83. The topological polar surface area (TPSA) is 56.1 Å². The van der Waals surface area contributed by atoms with Crippen LogP contribution in [0.2, 0.25) is 0 Å². The number of benzene rings is 2. The van der Waals surface area contributed by atoms with Gasteiger partial charge in [0.05, 0.1) is 17.6 Å². The largest absolute Gasteiger partial charge is 0.383 e. The molecule has 0 unspecified atom stereocenters. The average Bonchev–Trinajstić information content (AvgIpc) is 2.98. The van der Waals surface area contributed by atoms with E-state index in [0.29, 0.717) is 18.8 Å². The average molecular weight is 355 g/mol. The second-order valence-electron chi connectivity index (χ2n) is 5.54. The van der Waals surface area contributed by atoms with Crippen LogP contribution in [0.1, 0.15) is 6.42 Å². The van der Waals surface area contributed by atoms with Crippen LogP contribution >= 0.6 is 11.8 Å². The lowest BCUT2D eigenvalue weighted by Crippen LogP contribution is -2.12. The zero-order valence-corrected chi connectivity index (χ0v) is 15.0. The van der Waals surface area contributed by atoms with Gasteiger partial charge in [0.15, 0.2) is 5.16 Å². The lowest BCUT2D eigenvalue weighted by molar-refractivity contribution is -0.115. The first-order valence-electron chi connectivity index (χ1n) is 8.20. The summed E-state index contributed by atoms with van der Waals surface area (Å²) >= 11 is 1.60. The predicted molar refractivity (Wildman–Crippen MR) is 102 cm³/mol. The molecule has 6 heteroatoms. The monoisotopic (exact) mass is 355 g/mol. The fourth-order valence-corrected chi connectivity index (χ4v) is 3.52. The van der Waals surface area contributed by atoms with Crippen LogP contribution in [0.25, 0.3) is 11.0 Å². The molecule has 25 heavy (non-hydrogen) atoms. The number of carbonyl (C=O) groups excluding carboxylic acids is 1. The van der Waals surface area contributed by atoms with Gasteiger partial charge in [0.1, 0.15) is 0 Å².